The van der Waals surface area contributed by atoms with Crippen LogP contribution in [-0.4, -0.2) is 132 Å². The molecule has 0 aliphatic carbocycles. The van der Waals surface area contributed by atoms with E-state index in [1.807, 2.05) is 0 Å². The topological polar surface area (TPSA) is 109 Å². The highest BCUT2D eigenvalue weighted by Crippen LogP contribution is 1.89. The summed E-state index contributed by atoms with van der Waals surface area (Å²) in [6.45, 7) is 14.7. The summed E-state index contributed by atoms with van der Waals surface area (Å²) in [5.41, 5.74) is 0. The Labute approximate surface area is 210 Å². The van der Waals surface area contributed by atoms with Crippen molar-refractivity contribution in [2.45, 2.75) is 13.3 Å². The van der Waals surface area contributed by atoms with Crippen LogP contribution < -0.4 is 0 Å². The molecular formula is C24H46O11. The second-order valence-electron chi connectivity index (χ2n) is 6.82. The molecule has 0 spiro atoms. The molecule has 0 saturated carbocycles. The largest absolute Gasteiger partial charge is 0.466 e. The van der Waals surface area contributed by atoms with Gasteiger partial charge >= 0.3 is 5.97 Å². The molecule has 35 heavy (non-hydrogen) atoms. The molecule has 0 amide bonds. The Morgan fingerprint density at radius 2 is 0.800 bits per heavy atom. The molecule has 0 N–H and O–H groups in total. The van der Waals surface area contributed by atoms with Crippen molar-refractivity contribution in [3.8, 4) is 0 Å². The average molecular weight is 511 g/mol. The van der Waals surface area contributed by atoms with Crippen LogP contribution in [0.3, 0.4) is 0 Å². The molecule has 0 unspecified atom stereocenters. The van der Waals surface area contributed by atoms with E-state index in [1.165, 1.54) is 0 Å². The van der Waals surface area contributed by atoms with Crippen LogP contribution in [0, 0.1) is 0 Å². The Morgan fingerprint density at radius 1 is 0.514 bits per heavy atom. The van der Waals surface area contributed by atoms with Gasteiger partial charge in [0.25, 0.3) is 0 Å². The smallest absolute Gasteiger partial charge is 0.308 e. The Bertz CT molecular complexity index is 438. The van der Waals surface area contributed by atoms with Crippen molar-refractivity contribution in [3.05, 3.63) is 12.7 Å². The molecule has 0 aliphatic heterocycles. The SMILES string of the molecule is C=CCOCCOCCOCCOCCOCCOCCOCCOCCOCCC(=O)OCC. The van der Waals surface area contributed by atoms with E-state index in [9.17, 15) is 4.79 Å². The standard InChI is InChI=1S/C24H46O11/c1-3-6-26-8-10-28-12-14-30-16-18-32-20-22-34-23-21-33-19-17-31-15-13-29-11-9-27-7-5-24(25)35-4-2/h3H,1,4-23H2,2H3. The number of hydrogen-bond acceptors (Lipinski definition) is 11. The highest BCUT2D eigenvalue weighted by atomic mass is 16.6. The maximum atomic E-state index is 11.1. The van der Waals surface area contributed by atoms with Gasteiger partial charge in [0.15, 0.2) is 0 Å². The molecule has 0 aromatic rings. The fourth-order valence-electron chi connectivity index (χ4n) is 2.31. The van der Waals surface area contributed by atoms with Crippen LogP contribution in [0.25, 0.3) is 0 Å². The lowest BCUT2D eigenvalue weighted by atomic mass is 10.5. The van der Waals surface area contributed by atoms with Crippen LogP contribution in [0.1, 0.15) is 13.3 Å². The minimum absolute atomic E-state index is 0.248. The molecule has 0 aliphatic rings. The lowest BCUT2D eigenvalue weighted by molar-refractivity contribution is -0.144. The molecule has 0 atom stereocenters. The summed E-state index contributed by atoms with van der Waals surface area (Å²) in [7, 11) is 0. The van der Waals surface area contributed by atoms with Crippen molar-refractivity contribution in [1.29, 1.82) is 0 Å². The monoisotopic (exact) mass is 510 g/mol. The Kier molecular flexibility index (Phi) is 29.9. The molecule has 11 heteroatoms. The van der Waals surface area contributed by atoms with Gasteiger partial charge in [-0.2, -0.15) is 0 Å². The van der Waals surface area contributed by atoms with E-state index in [0.717, 1.165) is 0 Å². The van der Waals surface area contributed by atoms with E-state index < -0.39 is 0 Å². The van der Waals surface area contributed by atoms with Gasteiger partial charge in [-0.3, -0.25) is 4.79 Å². The Morgan fingerprint density at radius 3 is 1.09 bits per heavy atom. The summed E-state index contributed by atoms with van der Waals surface area (Å²) in [6, 6.07) is 0. The summed E-state index contributed by atoms with van der Waals surface area (Å²) < 4.78 is 53.1. The lowest BCUT2D eigenvalue weighted by Crippen LogP contribution is -2.15. The van der Waals surface area contributed by atoms with Crippen molar-refractivity contribution in [2.75, 3.05) is 126 Å². The maximum Gasteiger partial charge on any atom is 0.308 e. The molecule has 0 heterocycles. The van der Waals surface area contributed by atoms with Gasteiger partial charge in [0.05, 0.1) is 132 Å². The zero-order valence-corrected chi connectivity index (χ0v) is 21.4. The molecule has 0 rings (SSSR count). The third-order valence-electron chi connectivity index (χ3n) is 3.97. The normalized spacial score (nSPS) is 11.1. The predicted molar refractivity (Wildman–Crippen MR) is 129 cm³/mol. The van der Waals surface area contributed by atoms with Crippen LogP contribution in [0.15, 0.2) is 12.7 Å². The van der Waals surface area contributed by atoms with Crippen molar-refractivity contribution in [2.24, 2.45) is 0 Å². The third-order valence-corrected chi connectivity index (χ3v) is 3.97. The van der Waals surface area contributed by atoms with Crippen molar-refractivity contribution < 1.29 is 52.2 Å². The molecule has 0 bridgehead atoms. The van der Waals surface area contributed by atoms with Crippen LogP contribution >= 0.6 is 0 Å². The average Bonchev–Trinajstić information content (AvgIpc) is 2.86. The molecule has 0 fully saturated rings. The van der Waals surface area contributed by atoms with Crippen molar-refractivity contribution in [3.63, 3.8) is 0 Å². The Balaban J connectivity index is 3.04. The van der Waals surface area contributed by atoms with E-state index in [2.05, 4.69) is 6.58 Å². The molecule has 11 nitrogen and oxygen atoms in total. The molecule has 0 aromatic carbocycles. The number of esters is 1. The van der Waals surface area contributed by atoms with Gasteiger partial charge in [-0.15, -0.1) is 6.58 Å². The van der Waals surface area contributed by atoms with Gasteiger partial charge in [0.1, 0.15) is 0 Å². The van der Waals surface area contributed by atoms with E-state index in [-0.39, 0.29) is 12.4 Å². The number of hydrogen-bond donors (Lipinski definition) is 0. The minimum Gasteiger partial charge on any atom is -0.466 e. The van der Waals surface area contributed by atoms with Crippen molar-refractivity contribution in [1.82, 2.24) is 0 Å². The van der Waals surface area contributed by atoms with Crippen molar-refractivity contribution >= 4 is 5.97 Å². The summed E-state index contributed by atoms with van der Waals surface area (Å²) in [5.74, 6) is -0.248. The first-order chi connectivity index (χ1) is 17.3. The lowest BCUT2D eigenvalue weighted by Gasteiger charge is -2.08. The van der Waals surface area contributed by atoms with Crippen LogP contribution in [0.4, 0.5) is 0 Å². The van der Waals surface area contributed by atoms with Gasteiger partial charge in [0, 0.05) is 0 Å². The van der Waals surface area contributed by atoms with Crippen LogP contribution in [0.2, 0.25) is 0 Å². The highest BCUT2D eigenvalue weighted by Gasteiger charge is 2.00. The number of rotatable bonds is 30. The Hall–Kier alpha value is -1.15. The zero-order valence-electron chi connectivity index (χ0n) is 21.4. The van der Waals surface area contributed by atoms with Crippen LogP contribution in [0.5, 0.6) is 0 Å². The fraction of sp³-hybridized carbons (Fsp3) is 0.875. The maximum absolute atomic E-state index is 11.1. The number of ether oxygens (including phenoxy) is 10. The molecular weight excluding hydrogens is 464 g/mol. The summed E-state index contributed by atoms with van der Waals surface area (Å²) in [6.07, 6.45) is 1.97. The number of carbonyl (C=O) groups excluding carboxylic acids is 1. The molecule has 0 saturated heterocycles. The van der Waals surface area contributed by atoms with E-state index in [4.69, 9.17) is 47.4 Å². The summed E-state index contributed by atoms with van der Waals surface area (Å²) in [5, 5.41) is 0. The van der Waals surface area contributed by atoms with E-state index >= 15 is 0 Å². The second-order valence-corrected chi connectivity index (χ2v) is 6.82. The minimum atomic E-state index is -0.248. The summed E-state index contributed by atoms with van der Waals surface area (Å²) >= 11 is 0. The highest BCUT2D eigenvalue weighted by molar-refractivity contribution is 5.69. The zero-order chi connectivity index (χ0) is 25.5. The van der Waals surface area contributed by atoms with Gasteiger partial charge in [0.2, 0.25) is 0 Å². The molecule has 0 aromatic heterocycles. The first-order valence-corrected chi connectivity index (χ1v) is 12.3. The van der Waals surface area contributed by atoms with Crippen LogP contribution in [-0.2, 0) is 52.2 Å². The predicted octanol–water partition coefficient (Wildman–Crippen LogP) is 1.28. The van der Waals surface area contributed by atoms with E-state index in [0.29, 0.717) is 126 Å². The molecule has 208 valence electrons. The van der Waals surface area contributed by atoms with Gasteiger partial charge in [-0.25, -0.2) is 0 Å². The van der Waals surface area contributed by atoms with Gasteiger partial charge in [-0.05, 0) is 6.92 Å². The number of carbonyl (C=O) groups is 1. The molecule has 0 radical (unpaired) electrons. The second kappa shape index (κ2) is 30.9. The first-order valence-electron chi connectivity index (χ1n) is 12.3. The van der Waals surface area contributed by atoms with Gasteiger partial charge in [-0.1, -0.05) is 6.08 Å². The first kappa shape index (κ1) is 33.8. The van der Waals surface area contributed by atoms with Gasteiger partial charge < -0.3 is 47.4 Å². The fourth-order valence-corrected chi connectivity index (χ4v) is 2.31. The summed E-state index contributed by atoms with van der Waals surface area (Å²) in [4.78, 5) is 11.1. The quantitative estimate of drug-likeness (QED) is 0.0792. The third kappa shape index (κ3) is 30.8. The van der Waals surface area contributed by atoms with E-state index in [1.54, 1.807) is 13.0 Å².